The van der Waals surface area contributed by atoms with Crippen LogP contribution in [0, 0.1) is 15.5 Å². The number of carbonyl (C=O) groups is 2. The highest BCUT2D eigenvalue weighted by molar-refractivity contribution is 6.32. The van der Waals surface area contributed by atoms with Crippen molar-refractivity contribution < 1.29 is 19.2 Å². The van der Waals surface area contributed by atoms with E-state index in [-0.39, 0.29) is 34.1 Å². The van der Waals surface area contributed by atoms with Crippen LogP contribution < -0.4 is 5.32 Å². The molecule has 154 valence electrons. The fraction of sp³-hybridized carbons (Fsp3) is 0.429. The first-order valence-corrected chi connectivity index (χ1v) is 9.78. The summed E-state index contributed by atoms with van der Waals surface area (Å²) in [7, 11) is 0. The van der Waals surface area contributed by atoms with E-state index < -0.39 is 16.8 Å². The van der Waals surface area contributed by atoms with E-state index in [1.807, 2.05) is 13.8 Å². The van der Waals surface area contributed by atoms with Gasteiger partial charge in [0.15, 0.2) is 5.78 Å². The second-order valence-corrected chi connectivity index (χ2v) is 8.53. The lowest BCUT2D eigenvalue weighted by Gasteiger charge is -2.39. The number of carbonyl (C=O) groups excluding carboxylic acids is 2. The largest absolute Gasteiger partial charge is 0.463 e. The monoisotopic (exact) mass is 418 g/mol. The van der Waals surface area contributed by atoms with Gasteiger partial charge in [-0.3, -0.25) is 14.9 Å². The van der Waals surface area contributed by atoms with Crippen molar-refractivity contribution in [3.05, 3.63) is 61.4 Å². The molecular weight excluding hydrogens is 396 g/mol. The summed E-state index contributed by atoms with van der Waals surface area (Å²) >= 11 is 5.97. The van der Waals surface area contributed by atoms with Gasteiger partial charge in [0.25, 0.3) is 5.69 Å². The van der Waals surface area contributed by atoms with Crippen molar-refractivity contribution in [2.45, 2.75) is 46.5 Å². The first kappa shape index (κ1) is 21.0. The van der Waals surface area contributed by atoms with Crippen molar-refractivity contribution >= 4 is 29.0 Å². The third-order valence-electron chi connectivity index (χ3n) is 5.24. The second-order valence-electron chi connectivity index (χ2n) is 8.12. The summed E-state index contributed by atoms with van der Waals surface area (Å²) in [6.07, 6.45) is 0.961. The Hall–Kier alpha value is -2.67. The van der Waals surface area contributed by atoms with E-state index in [1.165, 1.54) is 12.1 Å². The molecule has 1 aliphatic heterocycles. The fourth-order valence-electron chi connectivity index (χ4n) is 4.10. The van der Waals surface area contributed by atoms with Gasteiger partial charge in [-0.15, -0.1) is 0 Å². The Balaban J connectivity index is 2.23. The average Bonchev–Trinajstić information content (AvgIpc) is 2.59. The first-order chi connectivity index (χ1) is 13.6. The maximum atomic E-state index is 13.1. The number of ether oxygens (including phenoxy) is 1. The molecule has 1 aliphatic carbocycles. The molecule has 0 fully saturated rings. The van der Waals surface area contributed by atoms with Crippen LogP contribution in [0.2, 0.25) is 5.02 Å². The predicted molar refractivity (Wildman–Crippen MR) is 108 cm³/mol. The molecule has 3 rings (SSSR count). The number of halogens is 1. The lowest BCUT2D eigenvalue weighted by atomic mass is 9.68. The van der Waals surface area contributed by atoms with Crippen LogP contribution in [0.3, 0.4) is 0 Å². The molecule has 1 atom stereocenters. The van der Waals surface area contributed by atoms with E-state index in [9.17, 15) is 19.7 Å². The maximum absolute atomic E-state index is 13.1. The summed E-state index contributed by atoms with van der Waals surface area (Å²) in [4.78, 5) is 36.7. The second kappa shape index (κ2) is 7.63. The Morgan fingerprint density at radius 3 is 2.69 bits per heavy atom. The van der Waals surface area contributed by atoms with Crippen LogP contribution in [-0.4, -0.2) is 23.3 Å². The molecule has 1 unspecified atom stereocenters. The zero-order chi connectivity index (χ0) is 21.5. The van der Waals surface area contributed by atoms with E-state index in [0.29, 0.717) is 29.7 Å². The Morgan fingerprint density at radius 2 is 2.07 bits per heavy atom. The lowest BCUT2D eigenvalue weighted by Crippen LogP contribution is -2.38. The number of nitro groups is 1. The highest BCUT2D eigenvalue weighted by Gasteiger charge is 2.43. The number of Topliss-reactive ketones (excluding diaryl/α,β-unsaturated/α-hetero) is 1. The van der Waals surface area contributed by atoms with E-state index in [1.54, 1.807) is 19.9 Å². The van der Waals surface area contributed by atoms with E-state index >= 15 is 0 Å². The Morgan fingerprint density at radius 1 is 1.38 bits per heavy atom. The standard InChI is InChI=1S/C21H23ClN2O5/c1-5-29-20(26)17-11(2)23-14-9-21(3,4)10-16(25)19(14)18(17)12-6-7-13(22)15(8-12)24(27)28/h6-8,18,23H,5,9-10H2,1-4H3. The highest BCUT2D eigenvalue weighted by Crippen LogP contribution is 2.47. The number of nitro benzene ring substituents is 1. The minimum atomic E-state index is -0.745. The number of rotatable bonds is 4. The molecule has 0 saturated carbocycles. The summed E-state index contributed by atoms with van der Waals surface area (Å²) < 4.78 is 5.23. The third-order valence-corrected chi connectivity index (χ3v) is 5.55. The van der Waals surface area contributed by atoms with Gasteiger partial charge in [0.1, 0.15) is 5.02 Å². The molecule has 0 aromatic heterocycles. The molecule has 2 aliphatic rings. The van der Waals surface area contributed by atoms with Crippen LogP contribution in [-0.2, 0) is 14.3 Å². The predicted octanol–water partition coefficient (Wildman–Crippen LogP) is 4.42. The zero-order valence-corrected chi connectivity index (χ0v) is 17.6. The summed E-state index contributed by atoms with van der Waals surface area (Å²) in [5.74, 6) is -1.38. The van der Waals surface area contributed by atoms with Crippen molar-refractivity contribution in [1.29, 1.82) is 0 Å². The van der Waals surface area contributed by atoms with Crippen molar-refractivity contribution in [2.75, 3.05) is 6.61 Å². The van der Waals surface area contributed by atoms with Gasteiger partial charge >= 0.3 is 5.97 Å². The molecule has 29 heavy (non-hydrogen) atoms. The van der Waals surface area contributed by atoms with Crippen LogP contribution in [0.5, 0.6) is 0 Å². The summed E-state index contributed by atoms with van der Waals surface area (Å²) in [6, 6.07) is 4.38. The van der Waals surface area contributed by atoms with Crippen LogP contribution >= 0.6 is 11.6 Å². The number of hydrogen-bond acceptors (Lipinski definition) is 6. The van der Waals surface area contributed by atoms with E-state index in [0.717, 1.165) is 5.70 Å². The number of allylic oxidation sites excluding steroid dienone is 3. The van der Waals surface area contributed by atoms with Gasteiger partial charge in [0.05, 0.1) is 17.1 Å². The molecule has 1 aromatic carbocycles. The normalized spacial score (nSPS) is 20.9. The smallest absolute Gasteiger partial charge is 0.336 e. The molecule has 0 spiro atoms. The van der Waals surface area contributed by atoms with Gasteiger partial charge in [0, 0.05) is 35.4 Å². The number of ketones is 1. The topological polar surface area (TPSA) is 98.5 Å². The molecule has 0 radical (unpaired) electrons. The van der Waals surface area contributed by atoms with Gasteiger partial charge in [-0.05, 0) is 37.3 Å². The Bertz CT molecular complexity index is 977. The van der Waals surface area contributed by atoms with Crippen LogP contribution in [0.25, 0.3) is 0 Å². The SMILES string of the molecule is CCOC(=O)C1=C(C)NC2=C(C(=O)CC(C)(C)C2)C1c1ccc(Cl)c([N+](=O)[O-])c1. The molecule has 1 heterocycles. The molecule has 7 nitrogen and oxygen atoms in total. The Labute approximate surface area is 173 Å². The summed E-state index contributed by atoms with van der Waals surface area (Å²) in [5.41, 5.74) is 2.06. The number of esters is 1. The van der Waals surface area contributed by atoms with Crippen LogP contribution in [0.4, 0.5) is 5.69 Å². The van der Waals surface area contributed by atoms with Crippen LogP contribution in [0.15, 0.2) is 40.7 Å². The van der Waals surface area contributed by atoms with Gasteiger partial charge in [-0.25, -0.2) is 4.79 Å². The fourth-order valence-corrected chi connectivity index (χ4v) is 4.28. The quantitative estimate of drug-likeness (QED) is 0.441. The summed E-state index contributed by atoms with van der Waals surface area (Å²) in [5, 5.41) is 14.6. The molecule has 8 heteroatoms. The molecule has 0 saturated heterocycles. The molecular formula is C21H23ClN2O5. The van der Waals surface area contributed by atoms with E-state index in [2.05, 4.69) is 5.32 Å². The highest BCUT2D eigenvalue weighted by atomic mass is 35.5. The first-order valence-electron chi connectivity index (χ1n) is 9.40. The maximum Gasteiger partial charge on any atom is 0.336 e. The van der Waals surface area contributed by atoms with Gasteiger partial charge in [0.2, 0.25) is 0 Å². The van der Waals surface area contributed by atoms with Crippen molar-refractivity contribution in [2.24, 2.45) is 5.41 Å². The Kier molecular flexibility index (Phi) is 5.54. The van der Waals surface area contributed by atoms with Crippen LogP contribution in [0.1, 0.15) is 52.0 Å². The minimum Gasteiger partial charge on any atom is -0.463 e. The lowest BCUT2D eigenvalue weighted by molar-refractivity contribution is -0.384. The molecule has 1 N–H and O–H groups in total. The number of nitrogens with zero attached hydrogens (tertiary/aromatic N) is 1. The van der Waals surface area contributed by atoms with Gasteiger partial charge < -0.3 is 10.1 Å². The molecule has 0 amide bonds. The van der Waals surface area contributed by atoms with Gasteiger partial charge in [-0.1, -0.05) is 31.5 Å². The van der Waals surface area contributed by atoms with Crippen molar-refractivity contribution in [1.82, 2.24) is 5.32 Å². The van der Waals surface area contributed by atoms with Crippen molar-refractivity contribution in [3.63, 3.8) is 0 Å². The van der Waals surface area contributed by atoms with E-state index in [4.69, 9.17) is 16.3 Å². The molecule has 1 aromatic rings. The summed E-state index contributed by atoms with van der Waals surface area (Å²) in [6.45, 7) is 7.65. The number of benzene rings is 1. The average molecular weight is 419 g/mol. The zero-order valence-electron chi connectivity index (χ0n) is 16.8. The molecule has 0 bridgehead atoms. The number of nitrogens with one attached hydrogen (secondary N) is 1. The number of dihydropyridines is 1. The third kappa shape index (κ3) is 3.92. The number of hydrogen-bond donors (Lipinski definition) is 1. The van der Waals surface area contributed by atoms with Crippen molar-refractivity contribution in [3.8, 4) is 0 Å². The minimum absolute atomic E-state index is 0.00335. The van der Waals surface area contributed by atoms with Gasteiger partial charge in [-0.2, -0.15) is 0 Å².